The summed E-state index contributed by atoms with van der Waals surface area (Å²) in [5.74, 6) is 0.154. The van der Waals surface area contributed by atoms with E-state index in [4.69, 9.17) is 0 Å². The lowest BCUT2D eigenvalue weighted by Crippen LogP contribution is -2.35. The second-order valence-electron chi connectivity index (χ2n) is 3.71. The Balaban J connectivity index is 2.38. The first-order chi connectivity index (χ1) is 6.37. The third-order valence-electron chi connectivity index (χ3n) is 1.73. The highest BCUT2D eigenvalue weighted by molar-refractivity contribution is 8.14. The van der Waals surface area contributed by atoms with Gasteiger partial charge in [-0.05, 0) is 6.92 Å². The Morgan fingerprint density at radius 1 is 1.71 bits per heavy atom. The smallest absolute Gasteiger partial charge is 0.157 e. The first-order valence-electron chi connectivity index (χ1n) is 4.52. The monoisotopic (exact) mass is 236 g/mol. The minimum Gasteiger partial charge on any atom is -0.361 e. The van der Waals surface area contributed by atoms with Gasteiger partial charge in [0.1, 0.15) is 9.84 Å². The Bertz CT molecular complexity index is 324. The largest absolute Gasteiger partial charge is 0.361 e. The molecule has 0 aromatic carbocycles. The van der Waals surface area contributed by atoms with Crippen LogP contribution >= 0.6 is 11.8 Å². The molecule has 6 heteroatoms. The number of thioether (sulfide) groups is 1. The van der Waals surface area contributed by atoms with Gasteiger partial charge in [0.25, 0.3) is 0 Å². The molecule has 0 amide bonds. The molecule has 0 fully saturated rings. The average Bonchev–Trinajstić information content (AvgIpc) is 2.30. The maximum absolute atomic E-state index is 11.0. The Labute approximate surface area is 89.5 Å². The van der Waals surface area contributed by atoms with Gasteiger partial charge in [0.2, 0.25) is 0 Å². The van der Waals surface area contributed by atoms with Crippen molar-refractivity contribution in [3.63, 3.8) is 0 Å². The van der Waals surface area contributed by atoms with Gasteiger partial charge in [0.15, 0.2) is 5.17 Å². The van der Waals surface area contributed by atoms with E-state index in [0.717, 1.165) is 11.7 Å². The van der Waals surface area contributed by atoms with E-state index in [1.807, 2.05) is 6.92 Å². The van der Waals surface area contributed by atoms with Gasteiger partial charge in [-0.3, -0.25) is 4.99 Å². The third-order valence-corrected chi connectivity index (χ3v) is 3.85. The number of aliphatic imine (C=N–C) groups is 1. The summed E-state index contributed by atoms with van der Waals surface area (Å²) in [7, 11) is -2.91. The summed E-state index contributed by atoms with van der Waals surface area (Å²) >= 11 is 1.66. The van der Waals surface area contributed by atoms with E-state index in [0.29, 0.717) is 5.25 Å². The van der Waals surface area contributed by atoms with E-state index < -0.39 is 9.84 Å². The molecule has 14 heavy (non-hydrogen) atoms. The summed E-state index contributed by atoms with van der Waals surface area (Å²) in [6.07, 6.45) is 1.25. The van der Waals surface area contributed by atoms with Crippen molar-refractivity contribution in [3.8, 4) is 0 Å². The zero-order valence-corrected chi connectivity index (χ0v) is 10.3. The van der Waals surface area contributed by atoms with Crippen LogP contribution in [0, 0.1) is 0 Å². The summed E-state index contributed by atoms with van der Waals surface area (Å²) in [6.45, 7) is 4.77. The first kappa shape index (κ1) is 11.8. The standard InChI is InChI=1S/C8H16N2O2S2/c1-6(5-14(3,11)12)10-8-9-4-7(2)13-8/h6-7H,4-5H2,1-3H3,(H,9,10). The number of hydrogen-bond acceptors (Lipinski definition) is 5. The van der Waals surface area contributed by atoms with Crippen LogP contribution in [-0.4, -0.2) is 43.4 Å². The minimum atomic E-state index is -2.91. The van der Waals surface area contributed by atoms with Gasteiger partial charge in [-0.1, -0.05) is 18.7 Å². The van der Waals surface area contributed by atoms with Crippen molar-refractivity contribution < 1.29 is 8.42 Å². The van der Waals surface area contributed by atoms with Crippen LogP contribution < -0.4 is 5.32 Å². The second kappa shape index (κ2) is 4.53. The van der Waals surface area contributed by atoms with Crippen LogP contribution in [0.2, 0.25) is 0 Å². The highest BCUT2D eigenvalue weighted by Crippen LogP contribution is 2.18. The second-order valence-corrected chi connectivity index (χ2v) is 7.32. The predicted octanol–water partition coefficient (Wildman–Crippen LogP) is 0.500. The van der Waals surface area contributed by atoms with Gasteiger partial charge in [0, 0.05) is 17.5 Å². The van der Waals surface area contributed by atoms with Crippen molar-refractivity contribution in [1.29, 1.82) is 0 Å². The minimum absolute atomic E-state index is 0.0680. The molecule has 0 radical (unpaired) electrons. The van der Waals surface area contributed by atoms with E-state index in [-0.39, 0.29) is 11.8 Å². The number of hydrogen-bond donors (Lipinski definition) is 1. The molecule has 0 bridgehead atoms. The lowest BCUT2D eigenvalue weighted by molar-refractivity contribution is 0.591. The molecule has 0 aromatic heterocycles. The molecule has 0 aromatic rings. The topological polar surface area (TPSA) is 58.5 Å². The summed E-state index contributed by atoms with van der Waals surface area (Å²) < 4.78 is 22.0. The molecular weight excluding hydrogens is 220 g/mol. The fraction of sp³-hybridized carbons (Fsp3) is 0.875. The van der Waals surface area contributed by atoms with Crippen molar-refractivity contribution in [2.75, 3.05) is 18.6 Å². The quantitative estimate of drug-likeness (QED) is 0.775. The average molecular weight is 236 g/mol. The number of rotatable bonds is 3. The van der Waals surface area contributed by atoms with Crippen LogP contribution in [0.25, 0.3) is 0 Å². The van der Waals surface area contributed by atoms with E-state index in [1.165, 1.54) is 6.26 Å². The van der Waals surface area contributed by atoms with Crippen molar-refractivity contribution in [2.24, 2.45) is 4.99 Å². The highest BCUT2D eigenvalue weighted by atomic mass is 32.2. The Hall–Kier alpha value is -0.230. The van der Waals surface area contributed by atoms with Crippen LogP contribution in [0.5, 0.6) is 0 Å². The van der Waals surface area contributed by atoms with Crippen molar-refractivity contribution in [3.05, 3.63) is 0 Å². The summed E-state index contributed by atoms with van der Waals surface area (Å²) in [4.78, 5) is 4.26. The Morgan fingerprint density at radius 2 is 2.36 bits per heavy atom. The maximum Gasteiger partial charge on any atom is 0.157 e. The number of nitrogens with one attached hydrogen (secondary N) is 1. The summed E-state index contributed by atoms with van der Waals surface area (Å²) in [5.41, 5.74) is 0. The molecule has 0 spiro atoms. The van der Waals surface area contributed by atoms with Crippen molar-refractivity contribution in [2.45, 2.75) is 25.1 Å². The molecular formula is C8H16N2O2S2. The van der Waals surface area contributed by atoms with E-state index in [1.54, 1.807) is 11.8 Å². The number of nitrogens with zero attached hydrogens (tertiary/aromatic N) is 1. The van der Waals surface area contributed by atoms with E-state index in [2.05, 4.69) is 17.2 Å². The molecule has 0 saturated carbocycles. The van der Waals surface area contributed by atoms with E-state index >= 15 is 0 Å². The van der Waals surface area contributed by atoms with Gasteiger partial charge in [-0.15, -0.1) is 0 Å². The lowest BCUT2D eigenvalue weighted by Gasteiger charge is -2.13. The molecule has 1 N–H and O–H groups in total. The molecule has 4 nitrogen and oxygen atoms in total. The third kappa shape index (κ3) is 4.32. The van der Waals surface area contributed by atoms with Gasteiger partial charge in [-0.2, -0.15) is 0 Å². The van der Waals surface area contributed by atoms with Crippen LogP contribution in [0.1, 0.15) is 13.8 Å². The number of amidine groups is 1. The summed E-state index contributed by atoms with van der Waals surface area (Å²) in [6, 6.07) is -0.0680. The van der Waals surface area contributed by atoms with E-state index in [9.17, 15) is 8.42 Å². The van der Waals surface area contributed by atoms with Crippen LogP contribution in [-0.2, 0) is 9.84 Å². The molecule has 1 aliphatic heterocycles. The molecule has 2 atom stereocenters. The molecule has 0 saturated heterocycles. The molecule has 1 rings (SSSR count). The molecule has 82 valence electrons. The Kier molecular flexibility index (Phi) is 3.83. The zero-order chi connectivity index (χ0) is 10.8. The molecule has 1 heterocycles. The Morgan fingerprint density at radius 3 is 2.79 bits per heavy atom. The zero-order valence-electron chi connectivity index (χ0n) is 8.65. The normalized spacial score (nSPS) is 24.5. The van der Waals surface area contributed by atoms with Gasteiger partial charge in [0.05, 0.1) is 12.3 Å². The number of sulfone groups is 1. The molecule has 1 aliphatic rings. The van der Waals surface area contributed by atoms with Crippen molar-refractivity contribution in [1.82, 2.24) is 5.32 Å². The van der Waals surface area contributed by atoms with Crippen molar-refractivity contribution >= 4 is 26.8 Å². The molecule has 0 aliphatic carbocycles. The van der Waals surface area contributed by atoms with Crippen LogP contribution in [0.3, 0.4) is 0 Å². The first-order valence-corrected chi connectivity index (χ1v) is 7.46. The molecule has 2 unspecified atom stereocenters. The van der Waals surface area contributed by atoms with Gasteiger partial charge < -0.3 is 5.32 Å². The fourth-order valence-electron chi connectivity index (χ4n) is 1.26. The SMILES string of the molecule is CC(CS(C)(=O)=O)NC1=NCC(C)S1. The van der Waals surface area contributed by atoms with Crippen LogP contribution in [0.4, 0.5) is 0 Å². The highest BCUT2D eigenvalue weighted by Gasteiger charge is 2.18. The fourth-order valence-corrected chi connectivity index (χ4v) is 3.20. The predicted molar refractivity (Wildman–Crippen MR) is 61.7 cm³/mol. The lowest BCUT2D eigenvalue weighted by atomic mass is 10.4. The van der Waals surface area contributed by atoms with Gasteiger partial charge >= 0.3 is 0 Å². The summed E-state index contributed by atoms with van der Waals surface area (Å²) in [5, 5.41) is 4.47. The van der Waals surface area contributed by atoms with Gasteiger partial charge in [-0.25, -0.2) is 8.42 Å². The maximum atomic E-state index is 11.0. The van der Waals surface area contributed by atoms with Crippen LogP contribution in [0.15, 0.2) is 4.99 Å².